The SMILES string of the molecule is CC(C)(N)[C@H](NC(=O)c1ccc(C#CC#Cc2cn[nH]c2)cc1)C(=O)OO. The van der Waals surface area contributed by atoms with E-state index in [4.69, 9.17) is 11.0 Å². The maximum atomic E-state index is 12.3. The topological polar surface area (TPSA) is 130 Å². The van der Waals surface area contributed by atoms with E-state index in [1.807, 2.05) is 0 Å². The highest BCUT2D eigenvalue weighted by molar-refractivity contribution is 5.97. The molecule has 0 saturated carbocycles. The highest BCUT2D eigenvalue weighted by Crippen LogP contribution is 2.10. The number of amides is 1. The Hall–Kier alpha value is -3.59. The van der Waals surface area contributed by atoms with Crippen LogP contribution in [0.4, 0.5) is 0 Å². The molecule has 2 rings (SSSR count). The standard InChI is InChI=1S/C19H18N4O4/c1-19(2,20)16(18(25)27-26)23-17(24)15-9-7-13(8-10-15)5-3-4-6-14-11-21-22-12-14/h7-12,16,26H,20H2,1-2H3,(H,21,22)(H,23,24)/t16-/m1/s1. The van der Waals surface area contributed by atoms with Gasteiger partial charge in [0.1, 0.15) is 6.04 Å². The van der Waals surface area contributed by atoms with Crippen LogP contribution in [0.2, 0.25) is 0 Å². The van der Waals surface area contributed by atoms with Crippen LogP contribution in [0, 0.1) is 23.7 Å². The smallest absolute Gasteiger partial charge is 0.337 e. The second-order valence-corrected chi connectivity index (χ2v) is 6.20. The van der Waals surface area contributed by atoms with Gasteiger partial charge in [-0.05, 0) is 55.9 Å². The maximum absolute atomic E-state index is 12.3. The number of hydrogen-bond acceptors (Lipinski definition) is 6. The molecular formula is C19H18N4O4. The molecule has 0 saturated heterocycles. The fourth-order valence-corrected chi connectivity index (χ4v) is 2.05. The zero-order valence-electron chi connectivity index (χ0n) is 14.7. The van der Waals surface area contributed by atoms with Crippen LogP contribution in [0.15, 0.2) is 36.7 Å². The van der Waals surface area contributed by atoms with Crippen molar-refractivity contribution in [2.24, 2.45) is 5.73 Å². The molecule has 8 heteroatoms. The van der Waals surface area contributed by atoms with Crippen LogP contribution < -0.4 is 11.1 Å². The Bertz CT molecular complexity index is 921. The number of H-pyrrole nitrogens is 1. The monoisotopic (exact) mass is 366 g/mol. The predicted octanol–water partition coefficient (Wildman–Crippen LogP) is 0.665. The Kier molecular flexibility index (Phi) is 6.34. The summed E-state index contributed by atoms with van der Waals surface area (Å²) in [4.78, 5) is 27.6. The van der Waals surface area contributed by atoms with E-state index in [2.05, 4.69) is 44.1 Å². The molecular weight excluding hydrogens is 348 g/mol. The van der Waals surface area contributed by atoms with E-state index in [0.29, 0.717) is 11.1 Å². The molecule has 0 aliphatic rings. The highest BCUT2D eigenvalue weighted by atomic mass is 17.1. The number of nitrogens with one attached hydrogen (secondary N) is 2. The van der Waals surface area contributed by atoms with E-state index in [1.54, 1.807) is 36.7 Å². The van der Waals surface area contributed by atoms with Gasteiger partial charge in [0.2, 0.25) is 0 Å². The van der Waals surface area contributed by atoms with Crippen LogP contribution in [-0.4, -0.2) is 38.9 Å². The molecule has 0 spiro atoms. The first-order chi connectivity index (χ1) is 12.8. The number of rotatable bonds is 4. The minimum Gasteiger partial charge on any atom is -0.337 e. The number of benzene rings is 1. The molecule has 1 heterocycles. The van der Waals surface area contributed by atoms with Gasteiger partial charge in [-0.25, -0.2) is 4.79 Å². The number of carbonyl (C=O) groups is 2. The summed E-state index contributed by atoms with van der Waals surface area (Å²) in [5, 5.41) is 17.4. The third kappa shape index (κ3) is 5.72. The molecule has 0 aliphatic carbocycles. The molecule has 0 aliphatic heterocycles. The number of aromatic nitrogens is 2. The van der Waals surface area contributed by atoms with Crippen molar-refractivity contribution < 1.29 is 19.7 Å². The minimum atomic E-state index is -1.22. The molecule has 138 valence electrons. The molecule has 8 nitrogen and oxygen atoms in total. The quantitative estimate of drug-likeness (QED) is 0.357. The van der Waals surface area contributed by atoms with Gasteiger partial charge < -0.3 is 11.1 Å². The van der Waals surface area contributed by atoms with Crippen molar-refractivity contribution in [3.8, 4) is 23.7 Å². The summed E-state index contributed by atoms with van der Waals surface area (Å²) >= 11 is 0. The summed E-state index contributed by atoms with van der Waals surface area (Å²) in [6.07, 6.45) is 3.25. The van der Waals surface area contributed by atoms with Gasteiger partial charge in [-0.15, -0.1) is 0 Å². The lowest BCUT2D eigenvalue weighted by Gasteiger charge is -2.28. The van der Waals surface area contributed by atoms with Gasteiger partial charge in [0, 0.05) is 22.9 Å². The number of nitrogens with two attached hydrogens (primary N) is 1. The summed E-state index contributed by atoms with van der Waals surface area (Å²) in [5.74, 6) is 9.49. The van der Waals surface area contributed by atoms with Crippen LogP contribution in [0.3, 0.4) is 0 Å². The fourth-order valence-electron chi connectivity index (χ4n) is 2.05. The highest BCUT2D eigenvalue weighted by Gasteiger charge is 2.35. The predicted molar refractivity (Wildman–Crippen MR) is 97.0 cm³/mol. The average molecular weight is 366 g/mol. The van der Waals surface area contributed by atoms with Crippen molar-refractivity contribution in [2.45, 2.75) is 25.4 Å². The first-order valence-corrected chi connectivity index (χ1v) is 7.87. The van der Waals surface area contributed by atoms with Gasteiger partial charge in [0.15, 0.2) is 0 Å². The zero-order valence-corrected chi connectivity index (χ0v) is 14.7. The first kappa shape index (κ1) is 19.7. The van der Waals surface area contributed by atoms with E-state index in [0.717, 1.165) is 5.56 Å². The molecule has 1 amide bonds. The van der Waals surface area contributed by atoms with E-state index in [9.17, 15) is 9.59 Å². The van der Waals surface area contributed by atoms with E-state index >= 15 is 0 Å². The van der Waals surface area contributed by atoms with Crippen LogP contribution in [-0.2, 0) is 9.68 Å². The second-order valence-electron chi connectivity index (χ2n) is 6.20. The van der Waals surface area contributed by atoms with Crippen LogP contribution in [0.25, 0.3) is 0 Å². The van der Waals surface area contributed by atoms with E-state index < -0.39 is 23.5 Å². The maximum Gasteiger partial charge on any atom is 0.365 e. The Labute approximate surface area is 156 Å². The zero-order chi connectivity index (χ0) is 19.9. The van der Waals surface area contributed by atoms with Crippen molar-refractivity contribution >= 4 is 11.9 Å². The lowest BCUT2D eigenvalue weighted by atomic mass is 9.95. The molecule has 1 atom stereocenters. The number of hydrogen-bond donors (Lipinski definition) is 4. The Morgan fingerprint density at radius 2 is 1.85 bits per heavy atom. The van der Waals surface area contributed by atoms with Gasteiger partial charge in [-0.3, -0.25) is 14.8 Å². The van der Waals surface area contributed by atoms with Gasteiger partial charge >= 0.3 is 5.97 Å². The fraction of sp³-hybridized carbons (Fsp3) is 0.211. The van der Waals surface area contributed by atoms with Gasteiger partial charge in [0.25, 0.3) is 5.91 Å². The molecule has 0 radical (unpaired) electrons. The average Bonchev–Trinajstić information content (AvgIpc) is 3.15. The van der Waals surface area contributed by atoms with Crippen LogP contribution in [0.1, 0.15) is 35.3 Å². The van der Waals surface area contributed by atoms with Crippen molar-refractivity contribution in [1.29, 1.82) is 0 Å². The molecule has 2 aromatic rings. The van der Waals surface area contributed by atoms with E-state index in [1.165, 1.54) is 13.8 Å². The molecule has 0 fully saturated rings. The summed E-state index contributed by atoms with van der Waals surface area (Å²) in [5.41, 5.74) is 6.41. The Morgan fingerprint density at radius 3 is 2.37 bits per heavy atom. The summed E-state index contributed by atoms with van der Waals surface area (Å²) < 4.78 is 0. The van der Waals surface area contributed by atoms with Crippen molar-refractivity contribution in [3.63, 3.8) is 0 Å². The number of aromatic amines is 1. The van der Waals surface area contributed by atoms with E-state index in [-0.39, 0.29) is 0 Å². The Morgan fingerprint density at radius 1 is 1.22 bits per heavy atom. The van der Waals surface area contributed by atoms with Gasteiger partial charge in [0.05, 0.1) is 11.8 Å². The van der Waals surface area contributed by atoms with Crippen LogP contribution >= 0.6 is 0 Å². The van der Waals surface area contributed by atoms with Gasteiger partial charge in [-0.1, -0.05) is 5.92 Å². The molecule has 27 heavy (non-hydrogen) atoms. The largest absolute Gasteiger partial charge is 0.365 e. The van der Waals surface area contributed by atoms with Crippen LogP contribution in [0.5, 0.6) is 0 Å². The third-order valence-electron chi connectivity index (χ3n) is 3.47. The van der Waals surface area contributed by atoms with Crippen molar-refractivity contribution in [3.05, 3.63) is 53.3 Å². The summed E-state index contributed by atoms with van der Waals surface area (Å²) in [7, 11) is 0. The summed E-state index contributed by atoms with van der Waals surface area (Å²) in [6, 6.07) is 5.18. The molecule has 1 aromatic heterocycles. The third-order valence-corrected chi connectivity index (χ3v) is 3.47. The first-order valence-electron chi connectivity index (χ1n) is 7.87. The molecule has 0 unspecified atom stereocenters. The van der Waals surface area contributed by atoms with Gasteiger partial charge in [-0.2, -0.15) is 10.4 Å². The number of nitrogens with zero attached hydrogens (tertiary/aromatic N) is 1. The lowest BCUT2D eigenvalue weighted by molar-refractivity contribution is -0.237. The molecule has 5 N–H and O–H groups in total. The van der Waals surface area contributed by atoms with Crippen molar-refractivity contribution in [2.75, 3.05) is 0 Å². The number of carbonyl (C=O) groups excluding carboxylic acids is 2. The lowest BCUT2D eigenvalue weighted by Crippen LogP contribution is -2.59. The Balaban J connectivity index is 2.06. The second kappa shape index (κ2) is 8.68. The minimum absolute atomic E-state index is 0.296. The summed E-state index contributed by atoms with van der Waals surface area (Å²) in [6.45, 7) is 3.05. The molecule has 1 aromatic carbocycles. The molecule has 0 bridgehead atoms. The normalized spacial score (nSPS) is 11.3. The van der Waals surface area contributed by atoms with Crippen molar-refractivity contribution in [1.82, 2.24) is 15.5 Å².